The van der Waals surface area contributed by atoms with E-state index in [0.29, 0.717) is 6.54 Å². The molecule has 0 radical (unpaired) electrons. The average Bonchev–Trinajstić information content (AvgIpc) is 2.74. The van der Waals surface area contributed by atoms with Crippen LogP contribution >= 0.6 is 11.3 Å². The molecule has 0 unspecified atom stereocenters. The lowest BCUT2D eigenvalue weighted by atomic mass is 10.2. The third-order valence-corrected chi connectivity index (χ3v) is 3.37. The molecule has 0 aliphatic carbocycles. The lowest BCUT2D eigenvalue weighted by molar-refractivity contribution is 0.0582. The number of aromatic nitrogens is 1. The number of nitrogens with zero attached hydrogens (tertiary/aromatic N) is 2. The molecule has 0 atom stereocenters. The lowest BCUT2D eigenvalue weighted by Crippen LogP contribution is -2.36. The zero-order valence-electron chi connectivity index (χ0n) is 11.6. The Morgan fingerprint density at radius 2 is 2.16 bits per heavy atom. The van der Waals surface area contributed by atoms with Gasteiger partial charge in [0.05, 0.1) is 15.7 Å². The van der Waals surface area contributed by atoms with Crippen LogP contribution in [0.1, 0.15) is 27.7 Å². The first-order valence-electron chi connectivity index (χ1n) is 6.24. The van der Waals surface area contributed by atoms with Crippen LogP contribution in [0.5, 0.6) is 0 Å². The monoisotopic (exact) mass is 278 g/mol. The summed E-state index contributed by atoms with van der Waals surface area (Å²) in [5.74, 6) is 0. The fourth-order valence-electron chi connectivity index (χ4n) is 1.75. The summed E-state index contributed by atoms with van der Waals surface area (Å²) in [5, 5.41) is 0. The van der Waals surface area contributed by atoms with Gasteiger partial charge >= 0.3 is 6.09 Å². The van der Waals surface area contributed by atoms with Gasteiger partial charge in [-0.3, -0.25) is 4.90 Å². The minimum atomic E-state index is -0.491. The molecule has 2 rings (SSSR count). The van der Waals surface area contributed by atoms with E-state index in [4.69, 9.17) is 4.74 Å². The number of ether oxygens (including phenoxy) is 1. The molecule has 19 heavy (non-hydrogen) atoms. The number of thiazole rings is 1. The van der Waals surface area contributed by atoms with Gasteiger partial charge in [0, 0.05) is 12.2 Å². The van der Waals surface area contributed by atoms with Crippen LogP contribution in [0.25, 0.3) is 10.2 Å². The molecule has 2 aromatic rings. The second kappa shape index (κ2) is 5.17. The van der Waals surface area contributed by atoms with Crippen molar-refractivity contribution in [3.05, 3.63) is 23.7 Å². The lowest BCUT2D eigenvalue weighted by Gasteiger charge is -2.26. The van der Waals surface area contributed by atoms with Crippen LogP contribution in [0.2, 0.25) is 0 Å². The zero-order valence-corrected chi connectivity index (χ0v) is 12.5. The molecule has 5 heteroatoms. The predicted octanol–water partition coefficient (Wildman–Crippen LogP) is 4.06. The van der Waals surface area contributed by atoms with Crippen molar-refractivity contribution in [3.8, 4) is 0 Å². The first-order chi connectivity index (χ1) is 8.90. The Hall–Kier alpha value is -1.62. The number of anilines is 1. The Kier molecular flexibility index (Phi) is 3.75. The number of hydrogen-bond acceptors (Lipinski definition) is 4. The van der Waals surface area contributed by atoms with Crippen LogP contribution in [0.4, 0.5) is 10.5 Å². The minimum Gasteiger partial charge on any atom is -0.443 e. The van der Waals surface area contributed by atoms with Crippen molar-refractivity contribution in [2.24, 2.45) is 0 Å². The molecule has 4 nitrogen and oxygen atoms in total. The van der Waals surface area contributed by atoms with Crippen LogP contribution in [0.15, 0.2) is 23.7 Å². The van der Waals surface area contributed by atoms with Gasteiger partial charge in [-0.15, -0.1) is 11.3 Å². The molecular formula is C14H18N2O2S. The fourth-order valence-corrected chi connectivity index (χ4v) is 2.41. The molecule has 1 aromatic heterocycles. The maximum atomic E-state index is 12.2. The number of hydrogen-bond donors (Lipinski definition) is 0. The molecule has 0 aliphatic rings. The molecule has 0 fully saturated rings. The number of fused-ring (bicyclic) bond motifs is 1. The number of rotatable bonds is 2. The Morgan fingerprint density at radius 3 is 2.79 bits per heavy atom. The van der Waals surface area contributed by atoms with Gasteiger partial charge in [0.1, 0.15) is 5.60 Å². The summed E-state index contributed by atoms with van der Waals surface area (Å²) < 4.78 is 6.52. The third-order valence-electron chi connectivity index (χ3n) is 2.56. The highest BCUT2D eigenvalue weighted by Gasteiger charge is 2.22. The highest BCUT2D eigenvalue weighted by molar-refractivity contribution is 7.16. The quantitative estimate of drug-likeness (QED) is 0.832. The molecule has 0 saturated carbocycles. The van der Waals surface area contributed by atoms with Gasteiger partial charge in [0.2, 0.25) is 0 Å². The van der Waals surface area contributed by atoms with Crippen molar-refractivity contribution in [1.29, 1.82) is 0 Å². The minimum absolute atomic E-state index is 0.329. The second-order valence-electron chi connectivity index (χ2n) is 5.23. The number of amides is 1. The first kappa shape index (κ1) is 13.8. The van der Waals surface area contributed by atoms with Gasteiger partial charge in [-0.1, -0.05) is 0 Å². The van der Waals surface area contributed by atoms with Crippen LogP contribution in [-0.4, -0.2) is 23.2 Å². The largest absolute Gasteiger partial charge is 0.443 e. The highest BCUT2D eigenvalue weighted by Crippen LogP contribution is 2.25. The first-order valence-corrected chi connectivity index (χ1v) is 7.12. The molecule has 1 heterocycles. The third kappa shape index (κ3) is 3.23. The van der Waals surface area contributed by atoms with E-state index in [1.807, 2.05) is 45.9 Å². The maximum Gasteiger partial charge on any atom is 0.414 e. The molecule has 0 N–H and O–H groups in total. The molecule has 0 spiro atoms. The standard InChI is InChI=1S/C14H18N2O2S/c1-5-16(13(17)18-14(2,3)4)10-6-7-12-11(8-10)15-9-19-12/h6-9H,5H2,1-4H3. The molecule has 0 aliphatic heterocycles. The van der Waals surface area contributed by atoms with E-state index in [-0.39, 0.29) is 6.09 Å². The summed E-state index contributed by atoms with van der Waals surface area (Å²) >= 11 is 1.59. The normalized spacial score (nSPS) is 11.6. The summed E-state index contributed by atoms with van der Waals surface area (Å²) in [6.45, 7) is 8.08. The zero-order chi connectivity index (χ0) is 14.0. The molecule has 0 saturated heterocycles. The van der Waals surface area contributed by atoms with Crippen LogP contribution in [0.3, 0.4) is 0 Å². The summed E-state index contributed by atoms with van der Waals surface area (Å²) in [7, 11) is 0. The Labute approximate surface area is 117 Å². The van der Waals surface area contributed by atoms with E-state index in [9.17, 15) is 4.79 Å². The predicted molar refractivity (Wildman–Crippen MR) is 78.9 cm³/mol. The molecule has 0 bridgehead atoms. The maximum absolute atomic E-state index is 12.2. The van der Waals surface area contributed by atoms with E-state index in [1.54, 1.807) is 21.7 Å². The van der Waals surface area contributed by atoms with Crippen molar-refractivity contribution in [2.75, 3.05) is 11.4 Å². The van der Waals surface area contributed by atoms with Crippen molar-refractivity contribution in [1.82, 2.24) is 4.98 Å². The van der Waals surface area contributed by atoms with E-state index in [2.05, 4.69) is 4.98 Å². The molecule has 1 aromatic carbocycles. The van der Waals surface area contributed by atoms with Gasteiger partial charge in [-0.25, -0.2) is 9.78 Å². The summed E-state index contributed by atoms with van der Waals surface area (Å²) in [6, 6.07) is 5.82. The van der Waals surface area contributed by atoms with Gasteiger partial charge in [-0.2, -0.15) is 0 Å². The Bertz CT molecular complexity index is 586. The van der Waals surface area contributed by atoms with Crippen molar-refractivity contribution in [2.45, 2.75) is 33.3 Å². The molecule has 1 amide bonds. The SMILES string of the molecule is CCN(C(=O)OC(C)(C)C)c1ccc2scnc2c1. The van der Waals surface area contributed by atoms with Gasteiger partial charge in [0.15, 0.2) is 0 Å². The van der Waals surface area contributed by atoms with Gasteiger partial charge < -0.3 is 4.74 Å². The van der Waals surface area contributed by atoms with Crippen molar-refractivity contribution >= 4 is 33.3 Å². The average molecular weight is 278 g/mol. The van der Waals surface area contributed by atoms with Crippen molar-refractivity contribution < 1.29 is 9.53 Å². The Balaban J connectivity index is 2.27. The van der Waals surface area contributed by atoms with E-state index in [1.165, 1.54) is 0 Å². The van der Waals surface area contributed by atoms with Crippen LogP contribution < -0.4 is 4.90 Å². The van der Waals surface area contributed by atoms with E-state index < -0.39 is 5.60 Å². The smallest absolute Gasteiger partial charge is 0.414 e. The number of carbonyl (C=O) groups is 1. The van der Waals surface area contributed by atoms with Crippen LogP contribution in [-0.2, 0) is 4.74 Å². The Morgan fingerprint density at radius 1 is 1.42 bits per heavy atom. The number of carbonyl (C=O) groups excluding carboxylic acids is 1. The van der Waals surface area contributed by atoms with Gasteiger partial charge in [0.25, 0.3) is 0 Å². The second-order valence-corrected chi connectivity index (χ2v) is 6.12. The van der Waals surface area contributed by atoms with Gasteiger partial charge in [-0.05, 0) is 45.9 Å². The molecule has 102 valence electrons. The topological polar surface area (TPSA) is 42.4 Å². The number of benzene rings is 1. The van der Waals surface area contributed by atoms with Crippen molar-refractivity contribution in [3.63, 3.8) is 0 Å². The summed E-state index contributed by atoms with van der Waals surface area (Å²) in [5.41, 5.74) is 3.03. The van der Waals surface area contributed by atoms with Crippen LogP contribution in [0, 0.1) is 0 Å². The fraction of sp³-hybridized carbons (Fsp3) is 0.429. The highest BCUT2D eigenvalue weighted by atomic mass is 32.1. The summed E-state index contributed by atoms with van der Waals surface area (Å²) in [4.78, 5) is 18.0. The molecular weight excluding hydrogens is 260 g/mol. The van der Waals surface area contributed by atoms with E-state index in [0.717, 1.165) is 15.9 Å². The summed E-state index contributed by atoms with van der Waals surface area (Å²) in [6.07, 6.45) is -0.329. The van der Waals surface area contributed by atoms with E-state index >= 15 is 0 Å².